The van der Waals surface area contributed by atoms with Crippen LogP contribution in [-0.4, -0.2) is 25.7 Å². The van der Waals surface area contributed by atoms with Crippen LogP contribution in [-0.2, 0) is 4.79 Å². The van der Waals surface area contributed by atoms with E-state index in [0.29, 0.717) is 11.5 Å². The lowest BCUT2D eigenvalue weighted by Crippen LogP contribution is -2.28. The van der Waals surface area contributed by atoms with Gasteiger partial charge in [0.2, 0.25) is 5.91 Å². The number of rotatable bonds is 3. The van der Waals surface area contributed by atoms with E-state index < -0.39 is 0 Å². The third-order valence-corrected chi connectivity index (χ3v) is 3.16. The topological polar surface area (TPSA) is 72.7 Å². The molecule has 1 amide bonds. The number of nitrogens with one attached hydrogen (secondary N) is 1. The van der Waals surface area contributed by atoms with Gasteiger partial charge in [-0.15, -0.1) is 0 Å². The number of amides is 1. The molecular formula is C12H13N5O. The normalized spacial score (nSPS) is 15.1. The summed E-state index contributed by atoms with van der Waals surface area (Å²) in [7, 11) is 0. The lowest BCUT2D eigenvalue weighted by atomic mass is 9.85. The summed E-state index contributed by atoms with van der Waals surface area (Å²) in [5, 5.41) is 6.94. The summed E-state index contributed by atoms with van der Waals surface area (Å²) in [6, 6.07) is 3.61. The number of hydrogen-bond acceptors (Lipinski definition) is 4. The number of pyridine rings is 1. The van der Waals surface area contributed by atoms with E-state index in [-0.39, 0.29) is 11.8 Å². The molecule has 1 N–H and O–H groups in total. The molecule has 0 saturated heterocycles. The minimum Gasteiger partial charge on any atom is -0.323 e. The molecule has 1 aliphatic rings. The van der Waals surface area contributed by atoms with Crippen LogP contribution >= 0.6 is 0 Å². The van der Waals surface area contributed by atoms with Crippen LogP contribution < -0.4 is 5.32 Å². The first-order chi connectivity index (χ1) is 8.84. The van der Waals surface area contributed by atoms with Crippen LogP contribution in [0.25, 0.3) is 5.82 Å². The van der Waals surface area contributed by atoms with Crippen LogP contribution in [0.5, 0.6) is 0 Å². The zero-order chi connectivity index (χ0) is 12.4. The summed E-state index contributed by atoms with van der Waals surface area (Å²) >= 11 is 0. The smallest absolute Gasteiger partial charge is 0.227 e. The maximum atomic E-state index is 11.9. The molecule has 0 aliphatic heterocycles. The molecule has 6 heteroatoms. The monoisotopic (exact) mass is 243 g/mol. The van der Waals surface area contributed by atoms with Crippen molar-refractivity contribution in [2.24, 2.45) is 5.92 Å². The molecule has 0 atom stereocenters. The van der Waals surface area contributed by atoms with Crippen molar-refractivity contribution in [3.63, 3.8) is 0 Å². The standard InChI is InChI=1S/C12H13N5O/c18-12(9-3-1-4-9)16-10-5-2-6-14-11(10)17-8-13-7-15-17/h2,5-9H,1,3-4H2,(H,16,18). The summed E-state index contributed by atoms with van der Waals surface area (Å²) in [4.78, 5) is 20.0. The first-order valence-electron chi connectivity index (χ1n) is 5.95. The number of carbonyl (C=O) groups is 1. The van der Waals surface area contributed by atoms with Crippen molar-refractivity contribution < 1.29 is 4.79 Å². The zero-order valence-corrected chi connectivity index (χ0v) is 9.78. The van der Waals surface area contributed by atoms with Crippen molar-refractivity contribution in [2.75, 3.05) is 5.32 Å². The number of carbonyl (C=O) groups excluding carboxylic acids is 1. The predicted molar refractivity (Wildman–Crippen MR) is 65.1 cm³/mol. The Morgan fingerprint density at radius 3 is 3.00 bits per heavy atom. The summed E-state index contributed by atoms with van der Waals surface area (Å²) < 4.78 is 1.54. The SMILES string of the molecule is O=C(Nc1cccnc1-n1cncn1)C1CCC1. The molecule has 0 spiro atoms. The van der Waals surface area contributed by atoms with Crippen LogP contribution in [0.3, 0.4) is 0 Å². The van der Waals surface area contributed by atoms with Gasteiger partial charge in [0, 0.05) is 12.1 Å². The van der Waals surface area contributed by atoms with E-state index in [2.05, 4.69) is 20.4 Å². The fourth-order valence-corrected chi connectivity index (χ4v) is 1.90. The highest BCUT2D eigenvalue weighted by Gasteiger charge is 2.25. The van der Waals surface area contributed by atoms with Gasteiger partial charge in [0.15, 0.2) is 5.82 Å². The highest BCUT2D eigenvalue weighted by atomic mass is 16.1. The molecular weight excluding hydrogens is 230 g/mol. The molecule has 3 rings (SSSR count). The van der Waals surface area contributed by atoms with E-state index in [1.165, 1.54) is 11.0 Å². The van der Waals surface area contributed by atoms with Gasteiger partial charge in [-0.3, -0.25) is 4.79 Å². The Bertz CT molecular complexity index is 547. The summed E-state index contributed by atoms with van der Waals surface area (Å²) in [5.74, 6) is 0.798. The van der Waals surface area contributed by atoms with Gasteiger partial charge in [-0.2, -0.15) is 5.10 Å². The van der Waals surface area contributed by atoms with Crippen molar-refractivity contribution in [1.29, 1.82) is 0 Å². The Balaban J connectivity index is 1.85. The van der Waals surface area contributed by atoms with Crippen LogP contribution in [0.4, 0.5) is 5.69 Å². The molecule has 2 aromatic heterocycles. The second-order valence-electron chi connectivity index (χ2n) is 4.33. The fourth-order valence-electron chi connectivity index (χ4n) is 1.90. The average Bonchev–Trinajstić information content (AvgIpc) is 2.80. The van der Waals surface area contributed by atoms with Gasteiger partial charge < -0.3 is 5.32 Å². The van der Waals surface area contributed by atoms with Crippen LogP contribution in [0.1, 0.15) is 19.3 Å². The second-order valence-corrected chi connectivity index (χ2v) is 4.33. The fraction of sp³-hybridized carbons (Fsp3) is 0.333. The molecule has 92 valence electrons. The first-order valence-corrected chi connectivity index (χ1v) is 5.95. The summed E-state index contributed by atoms with van der Waals surface area (Å²) in [5.41, 5.74) is 0.667. The van der Waals surface area contributed by atoms with Crippen molar-refractivity contribution in [1.82, 2.24) is 19.7 Å². The van der Waals surface area contributed by atoms with E-state index in [9.17, 15) is 4.79 Å². The maximum Gasteiger partial charge on any atom is 0.227 e. The maximum absolute atomic E-state index is 11.9. The van der Waals surface area contributed by atoms with Crippen LogP contribution in [0.2, 0.25) is 0 Å². The molecule has 0 unspecified atom stereocenters. The lowest BCUT2D eigenvalue weighted by molar-refractivity contribution is -0.122. The molecule has 0 aromatic carbocycles. The van der Waals surface area contributed by atoms with E-state index >= 15 is 0 Å². The van der Waals surface area contributed by atoms with Gasteiger partial charge in [0.1, 0.15) is 12.7 Å². The second kappa shape index (κ2) is 4.56. The first kappa shape index (κ1) is 10.9. The molecule has 6 nitrogen and oxygen atoms in total. The molecule has 1 fully saturated rings. The van der Waals surface area contributed by atoms with Crippen molar-refractivity contribution in [2.45, 2.75) is 19.3 Å². The Kier molecular flexibility index (Phi) is 2.76. The number of aromatic nitrogens is 4. The minimum atomic E-state index is 0.0654. The van der Waals surface area contributed by atoms with Gasteiger partial charge >= 0.3 is 0 Å². The Morgan fingerprint density at radius 1 is 1.44 bits per heavy atom. The largest absolute Gasteiger partial charge is 0.323 e. The molecule has 1 aliphatic carbocycles. The van der Waals surface area contributed by atoms with Gasteiger partial charge in [0.05, 0.1) is 5.69 Å². The summed E-state index contributed by atoms with van der Waals surface area (Å²) in [6.07, 6.45) is 7.75. The quantitative estimate of drug-likeness (QED) is 0.884. The molecule has 0 bridgehead atoms. The third kappa shape index (κ3) is 1.97. The Morgan fingerprint density at radius 2 is 2.33 bits per heavy atom. The van der Waals surface area contributed by atoms with Gasteiger partial charge in [-0.1, -0.05) is 6.42 Å². The van der Waals surface area contributed by atoms with Crippen molar-refractivity contribution >= 4 is 11.6 Å². The number of nitrogens with zero attached hydrogens (tertiary/aromatic N) is 4. The molecule has 18 heavy (non-hydrogen) atoms. The highest BCUT2D eigenvalue weighted by molar-refractivity contribution is 5.94. The molecule has 2 heterocycles. The van der Waals surface area contributed by atoms with E-state index in [1.54, 1.807) is 18.6 Å². The van der Waals surface area contributed by atoms with Gasteiger partial charge in [-0.05, 0) is 25.0 Å². The Hall–Kier alpha value is -2.24. The van der Waals surface area contributed by atoms with Crippen LogP contribution in [0, 0.1) is 5.92 Å². The third-order valence-electron chi connectivity index (χ3n) is 3.16. The summed E-state index contributed by atoms with van der Waals surface area (Å²) in [6.45, 7) is 0. The van der Waals surface area contributed by atoms with E-state index in [1.807, 2.05) is 6.07 Å². The zero-order valence-electron chi connectivity index (χ0n) is 9.78. The lowest BCUT2D eigenvalue weighted by Gasteiger charge is -2.24. The molecule has 2 aromatic rings. The van der Waals surface area contributed by atoms with Gasteiger partial charge in [-0.25, -0.2) is 14.6 Å². The predicted octanol–water partition coefficient (Wildman–Crippen LogP) is 1.40. The highest BCUT2D eigenvalue weighted by Crippen LogP contribution is 2.28. The van der Waals surface area contributed by atoms with E-state index in [4.69, 9.17) is 0 Å². The molecule has 1 saturated carbocycles. The number of hydrogen-bond donors (Lipinski definition) is 1. The number of anilines is 1. The average molecular weight is 243 g/mol. The molecule has 0 radical (unpaired) electrons. The Labute approximate surface area is 104 Å². The minimum absolute atomic E-state index is 0.0654. The van der Waals surface area contributed by atoms with E-state index in [0.717, 1.165) is 19.3 Å². The van der Waals surface area contributed by atoms with Crippen LogP contribution in [0.15, 0.2) is 31.0 Å². The van der Waals surface area contributed by atoms with Crippen molar-refractivity contribution in [3.8, 4) is 5.82 Å². The van der Waals surface area contributed by atoms with Gasteiger partial charge in [0.25, 0.3) is 0 Å². The van der Waals surface area contributed by atoms with Crippen molar-refractivity contribution in [3.05, 3.63) is 31.0 Å².